The molecule has 0 saturated heterocycles. The van der Waals surface area contributed by atoms with Gasteiger partial charge in [0.1, 0.15) is 0 Å². The Balaban J connectivity index is 2.74. The van der Waals surface area contributed by atoms with Gasteiger partial charge in [-0.05, 0) is 12.2 Å². The molecule has 2 nitrogen and oxygen atoms in total. The second kappa shape index (κ2) is 4.47. The first-order chi connectivity index (χ1) is 6.55. The van der Waals surface area contributed by atoms with Crippen LogP contribution in [-0.2, 0) is 0 Å². The average molecular weight is 193 g/mol. The Bertz CT molecular complexity index is 274. The standard InChI is InChI=1S/C12H19NO/c1-12(2)7-4-5-11(6-8-12)13(3)9-10-14/h4-8,14H,9-10H2,1-3H3. The zero-order valence-electron chi connectivity index (χ0n) is 9.20. The Labute approximate surface area is 86.2 Å². The van der Waals surface area contributed by atoms with Gasteiger partial charge in [0.15, 0.2) is 0 Å². The third kappa shape index (κ3) is 3.04. The molecule has 1 N–H and O–H groups in total. The van der Waals surface area contributed by atoms with E-state index in [0.29, 0.717) is 6.54 Å². The van der Waals surface area contributed by atoms with Gasteiger partial charge in [-0.15, -0.1) is 0 Å². The number of rotatable bonds is 3. The molecule has 0 radical (unpaired) electrons. The van der Waals surface area contributed by atoms with E-state index in [2.05, 4.69) is 44.2 Å². The summed E-state index contributed by atoms with van der Waals surface area (Å²) in [6, 6.07) is 0. The van der Waals surface area contributed by atoms with Crippen molar-refractivity contribution in [2.24, 2.45) is 5.41 Å². The minimum absolute atomic E-state index is 0.123. The van der Waals surface area contributed by atoms with Gasteiger partial charge in [0.2, 0.25) is 0 Å². The number of aliphatic hydroxyl groups excluding tert-OH is 1. The predicted octanol–water partition coefficient (Wildman–Crippen LogP) is 1.95. The minimum atomic E-state index is 0.123. The Morgan fingerprint density at radius 2 is 2.07 bits per heavy atom. The zero-order chi connectivity index (χ0) is 10.6. The van der Waals surface area contributed by atoms with Crippen molar-refractivity contribution in [3.63, 3.8) is 0 Å². The van der Waals surface area contributed by atoms with Crippen LogP contribution in [-0.4, -0.2) is 30.2 Å². The summed E-state index contributed by atoms with van der Waals surface area (Å²) < 4.78 is 0. The summed E-state index contributed by atoms with van der Waals surface area (Å²) in [5, 5.41) is 8.83. The topological polar surface area (TPSA) is 23.5 Å². The lowest BCUT2D eigenvalue weighted by molar-refractivity contribution is 0.249. The molecule has 0 aromatic rings. The van der Waals surface area contributed by atoms with Crippen LogP contribution in [0.15, 0.2) is 36.1 Å². The number of hydrogen-bond donors (Lipinski definition) is 1. The summed E-state index contributed by atoms with van der Waals surface area (Å²) in [6.45, 7) is 5.20. The second-order valence-electron chi connectivity index (χ2n) is 4.25. The van der Waals surface area contributed by atoms with Crippen LogP contribution in [0.5, 0.6) is 0 Å². The molecule has 0 aromatic carbocycles. The number of likely N-dealkylation sites (N-methyl/N-ethyl adjacent to an activating group) is 1. The molecule has 0 aromatic heterocycles. The molecule has 0 amide bonds. The van der Waals surface area contributed by atoms with Crippen LogP contribution in [0.3, 0.4) is 0 Å². The van der Waals surface area contributed by atoms with E-state index >= 15 is 0 Å². The van der Waals surface area contributed by atoms with Crippen molar-refractivity contribution >= 4 is 0 Å². The Kier molecular flexibility index (Phi) is 3.53. The fourth-order valence-corrected chi connectivity index (χ4v) is 1.34. The lowest BCUT2D eigenvalue weighted by Gasteiger charge is -2.19. The maximum atomic E-state index is 8.83. The Morgan fingerprint density at radius 1 is 1.36 bits per heavy atom. The van der Waals surface area contributed by atoms with Gasteiger partial charge >= 0.3 is 0 Å². The largest absolute Gasteiger partial charge is 0.395 e. The molecule has 0 fully saturated rings. The molecule has 1 rings (SSSR count). The Morgan fingerprint density at radius 3 is 2.71 bits per heavy atom. The summed E-state index contributed by atoms with van der Waals surface area (Å²) in [5.41, 5.74) is 1.26. The lowest BCUT2D eigenvalue weighted by Crippen LogP contribution is -2.20. The fraction of sp³-hybridized carbons (Fsp3) is 0.500. The highest BCUT2D eigenvalue weighted by molar-refractivity contribution is 5.29. The first-order valence-electron chi connectivity index (χ1n) is 4.96. The van der Waals surface area contributed by atoms with Gasteiger partial charge in [0, 0.05) is 24.7 Å². The number of hydrogen-bond acceptors (Lipinski definition) is 2. The molecule has 2 heteroatoms. The van der Waals surface area contributed by atoms with Crippen molar-refractivity contribution in [1.29, 1.82) is 0 Å². The van der Waals surface area contributed by atoms with Crippen LogP contribution in [0.1, 0.15) is 13.8 Å². The second-order valence-corrected chi connectivity index (χ2v) is 4.25. The fourth-order valence-electron chi connectivity index (χ4n) is 1.34. The molecule has 0 saturated carbocycles. The molecule has 0 bridgehead atoms. The third-order valence-corrected chi connectivity index (χ3v) is 2.35. The molecule has 0 aliphatic heterocycles. The first-order valence-corrected chi connectivity index (χ1v) is 4.96. The van der Waals surface area contributed by atoms with Crippen molar-refractivity contribution in [3.05, 3.63) is 36.1 Å². The molecular weight excluding hydrogens is 174 g/mol. The van der Waals surface area contributed by atoms with Crippen LogP contribution in [0.4, 0.5) is 0 Å². The van der Waals surface area contributed by atoms with Gasteiger partial charge in [0.05, 0.1) is 6.61 Å². The summed E-state index contributed by atoms with van der Waals surface area (Å²) in [7, 11) is 1.98. The molecule has 0 unspecified atom stereocenters. The predicted molar refractivity (Wildman–Crippen MR) is 59.9 cm³/mol. The van der Waals surface area contributed by atoms with Crippen LogP contribution < -0.4 is 0 Å². The number of allylic oxidation sites excluding steroid dienone is 5. The van der Waals surface area contributed by atoms with Crippen molar-refractivity contribution in [2.75, 3.05) is 20.2 Å². The summed E-state index contributed by atoms with van der Waals surface area (Å²) in [6.07, 6.45) is 10.6. The monoisotopic (exact) mass is 193 g/mol. The highest BCUT2D eigenvalue weighted by Gasteiger charge is 2.11. The van der Waals surface area contributed by atoms with Crippen LogP contribution >= 0.6 is 0 Å². The van der Waals surface area contributed by atoms with Gasteiger partial charge in [0.25, 0.3) is 0 Å². The molecular formula is C12H19NO. The summed E-state index contributed by atoms with van der Waals surface area (Å²) in [5.74, 6) is 0. The lowest BCUT2D eigenvalue weighted by atomic mass is 9.93. The van der Waals surface area contributed by atoms with E-state index in [4.69, 9.17) is 5.11 Å². The minimum Gasteiger partial charge on any atom is -0.395 e. The van der Waals surface area contributed by atoms with Crippen LogP contribution in [0.25, 0.3) is 0 Å². The average Bonchev–Trinajstić information content (AvgIpc) is 2.27. The first kappa shape index (κ1) is 11.1. The van der Waals surface area contributed by atoms with E-state index in [-0.39, 0.29) is 12.0 Å². The van der Waals surface area contributed by atoms with Gasteiger partial charge in [-0.3, -0.25) is 0 Å². The molecule has 1 aliphatic carbocycles. The van der Waals surface area contributed by atoms with Gasteiger partial charge in [-0.2, -0.15) is 0 Å². The Hall–Kier alpha value is -1.02. The smallest absolute Gasteiger partial charge is 0.0606 e. The molecule has 78 valence electrons. The normalized spacial score (nSPS) is 19.0. The number of aliphatic hydroxyl groups is 1. The molecule has 14 heavy (non-hydrogen) atoms. The van der Waals surface area contributed by atoms with Crippen molar-refractivity contribution in [2.45, 2.75) is 13.8 Å². The number of nitrogens with zero attached hydrogens (tertiary/aromatic N) is 1. The SMILES string of the molecule is CN(CCO)C1=CC=CC(C)(C)C=C1. The van der Waals surface area contributed by atoms with E-state index in [9.17, 15) is 0 Å². The van der Waals surface area contributed by atoms with Gasteiger partial charge in [-0.1, -0.05) is 32.1 Å². The van der Waals surface area contributed by atoms with E-state index in [0.717, 1.165) is 5.70 Å². The van der Waals surface area contributed by atoms with E-state index in [1.165, 1.54) is 0 Å². The van der Waals surface area contributed by atoms with Crippen LogP contribution in [0.2, 0.25) is 0 Å². The quantitative estimate of drug-likeness (QED) is 0.740. The molecule has 1 aliphatic rings. The maximum absolute atomic E-state index is 8.83. The van der Waals surface area contributed by atoms with Gasteiger partial charge in [-0.25, -0.2) is 0 Å². The highest BCUT2D eigenvalue weighted by Crippen LogP contribution is 2.23. The maximum Gasteiger partial charge on any atom is 0.0606 e. The van der Waals surface area contributed by atoms with E-state index in [1.54, 1.807) is 0 Å². The van der Waals surface area contributed by atoms with Crippen LogP contribution in [0, 0.1) is 5.41 Å². The van der Waals surface area contributed by atoms with Crippen molar-refractivity contribution < 1.29 is 5.11 Å². The molecule has 0 heterocycles. The highest BCUT2D eigenvalue weighted by atomic mass is 16.3. The summed E-state index contributed by atoms with van der Waals surface area (Å²) in [4.78, 5) is 2.04. The molecule has 0 spiro atoms. The van der Waals surface area contributed by atoms with Crippen molar-refractivity contribution in [3.8, 4) is 0 Å². The van der Waals surface area contributed by atoms with E-state index < -0.39 is 0 Å². The summed E-state index contributed by atoms with van der Waals surface area (Å²) >= 11 is 0. The van der Waals surface area contributed by atoms with E-state index in [1.807, 2.05) is 11.9 Å². The van der Waals surface area contributed by atoms with Gasteiger partial charge < -0.3 is 10.0 Å². The third-order valence-electron chi connectivity index (χ3n) is 2.35. The zero-order valence-corrected chi connectivity index (χ0v) is 9.20. The van der Waals surface area contributed by atoms with Crippen molar-refractivity contribution in [1.82, 2.24) is 4.90 Å². The molecule has 0 atom stereocenters.